The zero-order chi connectivity index (χ0) is 16.4. The fourth-order valence-electron chi connectivity index (χ4n) is 2.28. The van der Waals surface area contributed by atoms with Crippen LogP contribution in [0.2, 0.25) is 5.02 Å². The molecule has 0 unspecified atom stereocenters. The van der Waals surface area contributed by atoms with Crippen LogP contribution in [0.4, 0.5) is 5.82 Å². The summed E-state index contributed by atoms with van der Waals surface area (Å²) in [5.74, 6) is 0.428. The minimum Gasteiger partial charge on any atom is -0.403 e. The van der Waals surface area contributed by atoms with Crippen molar-refractivity contribution < 1.29 is 9.63 Å². The van der Waals surface area contributed by atoms with Gasteiger partial charge in [0.2, 0.25) is 5.76 Å². The summed E-state index contributed by atoms with van der Waals surface area (Å²) < 4.78 is 0. The smallest absolute Gasteiger partial charge is 0.294 e. The van der Waals surface area contributed by atoms with Crippen LogP contribution in [0.5, 0.6) is 0 Å². The number of hydroxylamine groups is 1. The number of hydrogen-bond acceptors (Lipinski definition) is 4. The van der Waals surface area contributed by atoms with Gasteiger partial charge in [0.25, 0.3) is 5.91 Å². The molecule has 2 heterocycles. The summed E-state index contributed by atoms with van der Waals surface area (Å²) in [6.45, 7) is 4.39. The highest BCUT2D eigenvalue weighted by Gasteiger charge is 2.20. The normalized spacial score (nSPS) is 13.9. The summed E-state index contributed by atoms with van der Waals surface area (Å²) in [6, 6.07) is 9.44. The van der Waals surface area contributed by atoms with Crippen molar-refractivity contribution in [3.05, 3.63) is 58.4 Å². The van der Waals surface area contributed by atoms with E-state index in [1.54, 1.807) is 12.3 Å². The second-order valence-electron chi connectivity index (χ2n) is 5.40. The zero-order valence-electron chi connectivity index (χ0n) is 12.8. The molecule has 2 N–H and O–H groups in total. The van der Waals surface area contributed by atoms with Crippen LogP contribution in [0, 0.1) is 6.92 Å². The maximum Gasteiger partial charge on any atom is 0.294 e. The minimum absolute atomic E-state index is 0.289. The van der Waals surface area contributed by atoms with Crippen LogP contribution in [0.15, 0.2) is 47.9 Å². The van der Waals surface area contributed by atoms with Crippen molar-refractivity contribution in [1.82, 2.24) is 10.5 Å². The fourth-order valence-corrected chi connectivity index (χ4v) is 2.51. The molecular formula is C17H16ClN3O2. The first-order valence-electron chi connectivity index (χ1n) is 7.18. The van der Waals surface area contributed by atoms with Crippen LogP contribution in [0.3, 0.4) is 0 Å². The molecule has 3 rings (SSSR count). The van der Waals surface area contributed by atoms with E-state index in [-0.39, 0.29) is 11.7 Å². The molecule has 0 bridgehead atoms. The number of pyridine rings is 1. The second-order valence-corrected chi connectivity index (χ2v) is 5.81. The molecule has 0 radical (unpaired) electrons. The average molecular weight is 330 g/mol. The van der Waals surface area contributed by atoms with Gasteiger partial charge < -0.3 is 10.2 Å². The summed E-state index contributed by atoms with van der Waals surface area (Å²) in [7, 11) is 0. The van der Waals surface area contributed by atoms with Crippen molar-refractivity contribution >= 4 is 23.3 Å². The number of benzene rings is 1. The van der Waals surface area contributed by atoms with Crippen molar-refractivity contribution in [3.8, 4) is 11.1 Å². The summed E-state index contributed by atoms with van der Waals surface area (Å²) in [4.78, 5) is 21.5. The van der Waals surface area contributed by atoms with Crippen molar-refractivity contribution in [2.45, 2.75) is 13.8 Å². The number of hydrogen-bond donors (Lipinski definition) is 2. The lowest BCUT2D eigenvalue weighted by atomic mass is 10.1. The predicted octanol–water partition coefficient (Wildman–Crippen LogP) is 3.46. The van der Waals surface area contributed by atoms with E-state index in [9.17, 15) is 4.79 Å². The first-order chi connectivity index (χ1) is 11.0. The molecule has 1 aromatic heterocycles. The molecule has 1 aliphatic rings. The van der Waals surface area contributed by atoms with Crippen LogP contribution in [0.25, 0.3) is 11.1 Å². The van der Waals surface area contributed by atoms with Gasteiger partial charge in [-0.3, -0.25) is 4.79 Å². The lowest BCUT2D eigenvalue weighted by molar-refractivity contribution is -0.116. The monoisotopic (exact) mass is 329 g/mol. The minimum atomic E-state index is -0.318. The Kier molecular flexibility index (Phi) is 4.32. The maximum absolute atomic E-state index is 12.1. The molecule has 0 fully saturated rings. The largest absolute Gasteiger partial charge is 0.403 e. The van der Waals surface area contributed by atoms with Crippen LogP contribution in [-0.4, -0.2) is 17.4 Å². The van der Waals surface area contributed by atoms with E-state index in [1.807, 2.05) is 38.1 Å². The molecule has 0 saturated carbocycles. The van der Waals surface area contributed by atoms with E-state index in [0.717, 1.165) is 22.3 Å². The SMILES string of the molecule is CC1=C(C(=O)Nc2ccc(-c3cc(C)ccc3Cl)cn2)ONC1. The van der Waals surface area contributed by atoms with Crippen LogP contribution < -0.4 is 10.8 Å². The Hall–Kier alpha value is -2.37. The maximum atomic E-state index is 12.1. The summed E-state index contributed by atoms with van der Waals surface area (Å²) in [5.41, 5.74) is 6.44. The molecule has 0 spiro atoms. The van der Waals surface area contributed by atoms with Gasteiger partial charge in [0.05, 0.1) is 6.54 Å². The van der Waals surface area contributed by atoms with Gasteiger partial charge in [0.1, 0.15) is 5.82 Å². The quantitative estimate of drug-likeness (QED) is 0.905. The van der Waals surface area contributed by atoms with Gasteiger partial charge in [-0.1, -0.05) is 23.2 Å². The average Bonchev–Trinajstić information content (AvgIpc) is 2.97. The molecule has 5 nitrogen and oxygen atoms in total. The molecule has 118 valence electrons. The Morgan fingerprint density at radius 3 is 2.78 bits per heavy atom. The summed E-state index contributed by atoms with van der Waals surface area (Å²) in [6.07, 6.45) is 1.69. The molecule has 2 aromatic rings. The Morgan fingerprint density at radius 2 is 2.13 bits per heavy atom. The number of nitrogens with one attached hydrogen (secondary N) is 2. The molecule has 1 aromatic carbocycles. The predicted molar refractivity (Wildman–Crippen MR) is 89.8 cm³/mol. The van der Waals surface area contributed by atoms with Crippen molar-refractivity contribution in [1.29, 1.82) is 0 Å². The molecule has 0 aliphatic carbocycles. The topological polar surface area (TPSA) is 63.2 Å². The molecular weight excluding hydrogens is 314 g/mol. The highest BCUT2D eigenvalue weighted by atomic mass is 35.5. The van der Waals surface area contributed by atoms with E-state index < -0.39 is 0 Å². The van der Waals surface area contributed by atoms with Crippen molar-refractivity contribution in [2.75, 3.05) is 11.9 Å². The summed E-state index contributed by atoms with van der Waals surface area (Å²) in [5, 5.41) is 3.38. The highest BCUT2D eigenvalue weighted by Crippen LogP contribution is 2.28. The molecule has 23 heavy (non-hydrogen) atoms. The third-order valence-electron chi connectivity index (χ3n) is 3.54. The first kappa shape index (κ1) is 15.5. The molecule has 6 heteroatoms. The first-order valence-corrected chi connectivity index (χ1v) is 7.56. The number of anilines is 1. The molecule has 0 atom stereocenters. The number of carbonyl (C=O) groups excluding carboxylic acids is 1. The van der Waals surface area contributed by atoms with Crippen molar-refractivity contribution in [2.24, 2.45) is 0 Å². The Labute approximate surface area is 139 Å². The lowest BCUT2D eigenvalue weighted by Gasteiger charge is -2.08. The van der Waals surface area contributed by atoms with Crippen LogP contribution in [-0.2, 0) is 9.63 Å². The van der Waals surface area contributed by atoms with E-state index in [0.29, 0.717) is 17.4 Å². The van der Waals surface area contributed by atoms with Crippen LogP contribution >= 0.6 is 11.6 Å². The van der Waals surface area contributed by atoms with Crippen LogP contribution in [0.1, 0.15) is 12.5 Å². The van der Waals surface area contributed by atoms with Crippen molar-refractivity contribution in [3.63, 3.8) is 0 Å². The van der Waals surface area contributed by atoms with Gasteiger partial charge in [0.15, 0.2) is 0 Å². The Balaban J connectivity index is 1.78. The third-order valence-corrected chi connectivity index (χ3v) is 3.87. The molecule has 1 amide bonds. The summed E-state index contributed by atoms with van der Waals surface area (Å²) >= 11 is 6.23. The standard InChI is InChI=1S/C17H16ClN3O2/c1-10-3-5-14(18)13(7-10)12-4-6-15(19-9-12)21-17(22)16-11(2)8-20-23-16/h3-7,9,20H,8H2,1-2H3,(H,19,21,22). The van der Waals surface area contributed by atoms with Gasteiger partial charge >= 0.3 is 0 Å². The number of amides is 1. The molecule has 0 saturated heterocycles. The van der Waals surface area contributed by atoms with E-state index in [4.69, 9.17) is 16.4 Å². The Morgan fingerprint density at radius 1 is 1.30 bits per heavy atom. The van der Waals surface area contributed by atoms with Gasteiger partial charge in [-0.25, -0.2) is 4.98 Å². The second kappa shape index (κ2) is 6.40. The van der Waals surface area contributed by atoms with Gasteiger partial charge in [0, 0.05) is 22.3 Å². The third kappa shape index (κ3) is 3.36. The number of aryl methyl sites for hydroxylation is 1. The number of halogens is 1. The van der Waals surface area contributed by atoms with Gasteiger partial charge in [-0.2, -0.15) is 5.48 Å². The number of carbonyl (C=O) groups is 1. The zero-order valence-corrected chi connectivity index (χ0v) is 13.6. The molecule has 1 aliphatic heterocycles. The van der Waals surface area contributed by atoms with E-state index in [1.165, 1.54) is 0 Å². The van der Waals surface area contributed by atoms with Gasteiger partial charge in [-0.15, -0.1) is 0 Å². The van der Waals surface area contributed by atoms with Gasteiger partial charge in [-0.05, 0) is 43.7 Å². The lowest BCUT2D eigenvalue weighted by Crippen LogP contribution is -2.17. The van der Waals surface area contributed by atoms with E-state index in [2.05, 4.69) is 15.8 Å². The number of rotatable bonds is 3. The number of nitrogens with zero attached hydrogens (tertiary/aromatic N) is 1. The van der Waals surface area contributed by atoms with E-state index >= 15 is 0 Å². The fraction of sp³-hybridized carbons (Fsp3) is 0.176. The highest BCUT2D eigenvalue weighted by molar-refractivity contribution is 6.33. The Bertz CT molecular complexity index is 785. The number of aromatic nitrogens is 1.